The molecule has 0 atom stereocenters. The molecule has 0 aromatic heterocycles. The summed E-state index contributed by atoms with van der Waals surface area (Å²) in [5, 5.41) is 12.6. The zero-order chi connectivity index (χ0) is 12.6. The van der Waals surface area contributed by atoms with Crippen LogP contribution in [0.4, 0.5) is 11.4 Å². The number of nitrogen functional groups attached to an aromatic ring is 1. The minimum atomic E-state index is 0.0553. The van der Waals surface area contributed by atoms with E-state index in [0.717, 1.165) is 30.8 Å². The van der Waals surface area contributed by atoms with Crippen molar-refractivity contribution >= 4 is 11.4 Å². The number of rotatable bonds is 4. The van der Waals surface area contributed by atoms with E-state index in [2.05, 4.69) is 5.32 Å². The van der Waals surface area contributed by atoms with Gasteiger partial charge in [-0.25, -0.2) is 0 Å². The van der Waals surface area contributed by atoms with Gasteiger partial charge >= 0.3 is 0 Å². The van der Waals surface area contributed by atoms with Crippen LogP contribution in [0.1, 0.15) is 12.8 Å². The molecule has 0 amide bonds. The van der Waals surface area contributed by atoms with Crippen molar-refractivity contribution in [2.24, 2.45) is 5.41 Å². The van der Waals surface area contributed by atoms with E-state index in [9.17, 15) is 5.11 Å². The highest BCUT2D eigenvalue weighted by atomic mass is 16.6. The minimum Gasteiger partial charge on any atom is -0.486 e. The molecule has 1 fully saturated rings. The summed E-state index contributed by atoms with van der Waals surface area (Å²) in [6, 6.07) is 3.66. The van der Waals surface area contributed by atoms with Crippen LogP contribution in [0.25, 0.3) is 0 Å². The Bertz CT molecular complexity index is 458. The fourth-order valence-electron chi connectivity index (χ4n) is 2.11. The number of hydrogen-bond acceptors (Lipinski definition) is 5. The highest BCUT2D eigenvalue weighted by molar-refractivity contribution is 5.72. The lowest BCUT2D eigenvalue weighted by molar-refractivity contribution is 0.172. The molecule has 1 heterocycles. The Balaban J connectivity index is 1.75. The predicted octanol–water partition coefficient (Wildman–Crippen LogP) is 1.22. The number of aliphatic hydroxyl groups is 1. The molecule has 3 rings (SSSR count). The molecule has 0 radical (unpaired) electrons. The van der Waals surface area contributed by atoms with Crippen molar-refractivity contribution in [1.29, 1.82) is 0 Å². The van der Waals surface area contributed by atoms with E-state index >= 15 is 0 Å². The Morgan fingerprint density at radius 3 is 2.50 bits per heavy atom. The minimum absolute atomic E-state index is 0.0553. The molecule has 4 N–H and O–H groups in total. The first-order valence-corrected chi connectivity index (χ1v) is 6.26. The third-order valence-electron chi connectivity index (χ3n) is 3.66. The smallest absolute Gasteiger partial charge is 0.163 e. The number of fused-ring (bicyclic) bond motifs is 1. The monoisotopic (exact) mass is 250 g/mol. The van der Waals surface area contributed by atoms with E-state index in [4.69, 9.17) is 15.2 Å². The number of anilines is 2. The van der Waals surface area contributed by atoms with Gasteiger partial charge in [-0.3, -0.25) is 0 Å². The molecule has 1 aliphatic heterocycles. The van der Waals surface area contributed by atoms with Crippen LogP contribution in [0, 0.1) is 5.41 Å². The summed E-state index contributed by atoms with van der Waals surface area (Å²) < 4.78 is 11.0. The SMILES string of the molecule is Nc1cc2c(cc1NCC1(CO)CC1)OCCO2. The van der Waals surface area contributed by atoms with E-state index in [1.807, 2.05) is 6.07 Å². The van der Waals surface area contributed by atoms with Crippen molar-refractivity contribution in [1.82, 2.24) is 0 Å². The van der Waals surface area contributed by atoms with Crippen LogP contribution in [0.5, 0.6) is 11.5 Å². The number of hydrogen-bond donors (Lipinski definition) is 3. The Kier molecular flexibility index (Phi) is 2.70. The first kappa shape index (κ1) is 11.5. The predicted molar refractivity (Wildman–Crippen MR) is 69.1 cm³/mol. The van der Waals surface area contributed by atoms with Crippen molar-refractivity contribution < 1.29 is 14.6 Å². The summed E-state index contributed by atoms with van der Waals surface area (Å²) in [5.41, 5.74) is 7.52. The van der Waals surface area contributed by atoms with Gasteiger partial charge in [0.15, 0.2) is 11.5 Å². The molecular weight excluding hydrogens is 232 g/mol. The van der Waals surface area contributed by atoms with Crippen LogP contribution >= 0.6 is 0 Å². The lowest BCUT2D eigenvalue weighted by atomic mass is 10.1. The molecule has 5 nitrogen and oxygen atoms in total. The van der Waals surface area contributed by atoms with E-state index < -0.39 is 0 Å². The number of benzene rings is 1. The second-order valence-corrected chi connectivity index (χ2v) is 5.09. The summed E-state index contributed by atoms with van der Waals surface area (Å²) in [7, 11) is 0. The fraction of sp³-hybridized carbons (Fsp3) is 0.538. The van der Waals surface area contributed by atoms with Gasteiger partial charge in [-0.05, 0) is 12.8 Å². The molecule has 1 aromatic rings. The average Bonchev–Trinajstić information content (AvgIpc) is 3.17. The highest BCUT2D eigenvalue weighted by Gasteiger charge is 2.41. The molecule has 1 aliphatic carbocycles. The van der Waals surface area contributed by atoms with Crippen molar-refractivity contribution in [3.63, 3.8) is 0 Å². The third kappa shape index (κ3) is 2.06. The van der Waals surface area contributed by atoms with Gasteiger partial charge in [-0.1, -0.05) is 0 Å². The number of ether oxygens (including phenoxy) is 2. The van der Waals surface area contributed by atoms with Crippen molar-refractivity contribution in [3.8, 4) is 11.5 Å². The molecule has 98 valence electrons. The molecule has 5 heteroatoms. The first-order chi connectivity index (χ1) is 8.72. The standard InChI is InChI=1S/C13H18N2O3/c14-9-5-11-12(18-4-3-17-11)6-10(9)15-7-13(8-16)1-2-13/h5-6,15-16H,1-4,7-8,14H2. The maximum Gasteiger partial charge on any atom is 0.163 e. The Morgan fingerprint density at radius 2 is 1.89 bits per heavy atom. The molecule has 0 bridgehead atoms. The van der Waals surface area contributed by atoms with Crippen LogP contribution in [0.15, 0.2) is 12.1 Å². The van der Waals surface area contributed by atoms with Crippen molar-refractivity contribution in [2.45, 2.75) is 12.8 Å². The van der Waals surface area contributed by atoms with Crippen LogP contribution in [0.3, 0.4) is 0 Å². The van der Waals surface area contributed by atoms with E-state index in [-0.39, 0.29) is 12.0 Å². The first-order valence-electron chi connectivity index (χ1n) is 6.26. The normalized spacial score (nSPS) is 19.4. The van der Waals surface area contributed by atoms with Gasteiger partial charge < -0.3 is 25.6 Å². The molecule has 18 heavy (non-hydrogen) atoms. The van der Waals surface area contributed by atoms with Gasteiger partial charge in [-0.15, -0.1) is 0 Å². The fourth-order valence-corrected chi connectivity index (χ4v) is 2.11. The van der Waals surface area contributed by atoms with E-state index in [1.165, 1.54) is 0 Å². The van der Waals surface area contributed by atoms with Gasteiger partial charge in [0.1, 0.15) is 13.2 Å². The molecule has 2 aliphatic rings. The van der Waals surface area contributed by atoms with Gasteiger partial charge in [0, 0.05) is 24.1 Å². The van der Waals surface area contributed by atoms with E-state index in [1.54, 1.807) is 6.07 Å². The lowest BCUT2D eigenvalue weighted by Crippen LogP contribution is -2.20. The van der Waals surface area contributed by atoms with Crippen molar-refractivity contribution in [3.05, 3.63) is 12.1 Å². The van der Waals surface area contributed by atoms with E-state index in [0.29, 0.717) is 24.7 Å². The molecule has 0 spiro atoms. The molecule has 0 saturated heterocycles. The largest absolute Gasteiger partial charge is 0.486 e. The Morgan fingerprint density at radius 1 is 1.22 bits per heavy atom. The summed E-state index contributed by atoms with van der Waals surface area (Å²) in [6.07, 6.45) is 2.14. The topological polar surface area (TPSA) is 76.7 Å². The van der Waals surface area contributed by atoms with Gasteiger partial charge in [0.05, 0.1) is 18.0 Å². The summed E-state index contributed by atoms with van der Waals surface area (Å²) in [6.45, 7) is 2.10. The zero-order valence-corrected chi connectivity index (χ0v) is 10.2. The zero-order valence-electron chi connectivity index (χ0n) is 10.2. The number of nitrogens with two attached hydrogens (primary N) is 1. The molecule has 1 saturated carbocycles. The second-order valence-electron chi connectivity index (χ2n) is 5.09. The molecule has 1 aromatic carbocycles. The Labute approximate surface area is 106 Å². The lowest BCUT2D eigenvalue weighted by Gasteiger charge is -2.21. The number of aliphatic hydroxyl groups excluding tert-OH is 1. The van der Waals surface area contributed by atoms with Crippen LogP contribution in [0.2, 0.25) is 0 Å². The van der Waals surface area contributed by atoms with Gasteiger partial charge in [-0.2, -0.15) is 0 Å². The van der Waals surface area contributed by atoms with Gasteiger partial charge in [0.25, 0.3) is 0 Å². The quantitative estimate of drug-likeness (QED) is 0.700. The summed E-state index contributed by atoms with van der Waals surface area (Å²) in [5.74, 6) is 1.43. The maximum atomic E-state index is 9.28. The Hall–Kier alpha value is -1.62. The third-order valence-corrected chi connectivity index (χ3v) is 3.66. The van der Waals surface area contributed by atoms with Crippen LogP contribution in [-0.2, 0) is 0 Å². The summed E-state index contributed by atoms with van der Waals surface area (Å²) >= 11 is 0. The molecular formula is C13H18N2O3. The van der Waals surface area contributed by atoms with Gasteiger partial charge in [0.2, 0.25) is 0 Å². The second kappa shape index (κ2) is 4.24. The highest BCUT2D eigenvalue weighted by Crippen LogP contribution is 2.45. The van der Waals surface area contributed by atoms with Crippen molar-refractivity contribution in [2.75, 3.05) is 37.4 Å². The van der Waals surface area contributed by atoms with Crippen LogP contribution < -0.4 is 20.5 Å². The summed E-state index contributed by atoms with van der Waals surface area (Å²) in [4.78, 5) is 0. The molecule has 0 unspecified atom stereocenters. The maximum absolute atomic E-state index is 9.28. The number of nitrogens with one attached hydrogen (secondary N) is 1. The van der Waals surface area contributed by atoms with Crippen LogP contribution in [-0.4, -0.2) is 31.5 Å². The average molecular weight is 250 g/mol.